The van der Waals surface area contributed by atoms with Crippen LogP contribution >= 0.6 is 0 Å². The zero-order valence-corrected chi connectivity index (χ0v) is 12.6. The molecular formula is C18H19N3O. The molecule has 0 aliphatic heterocycles. The van der Waals surface area contributed by atoms with Gasteiger partial charge < -0.3 is 9.30 Å². The Balaban J connectivity index is 1.66. The molecular weight excluding hydrogens is 274 g/mol. The molecule has 4 heteroatoms. The van der Waals surface area contributed by atoms with E-state index in [1.807, 2.05) is 18.2 Å². The van der Waals surface area contributed by atoms with Gasteiger partial charge in [0.25, 0.3) is 0 Å². The molecule has 0 saturated carbocycles. The molecule has 0 amide bonds. The van der Waals surface area contributed by atoms with E-state index in [9.17, 15) is 0 Å². The van der Waals surface area contributed by atoms with Crippen molar-refractivity contribution >= 4 is 0 Å². The van der Waals surface area contributed by atoms with Crippen molar-refractivity contribution in [1.29, 1.82) is 0 Å². The fourth-order valence-corrected chi connectivity index (χ4v) is 2.43. The normalized spacial score (nSPS) is 10.6. The van der Waals surface area contributed by atoms with Crippen LogP contribution in [-0.4, -0.2) is 21.9 Å². The molecule has 0 aliphatic rings. The molecule has 112 valence electrons. The lowest BCUT2D eigenvalue weighted by Gasteiger charge is -2.08. The van der Waals surface area contributed by atoms with Crippen molar-refractivity contribution in [3.63, 3.8) is 0 Å². The van der Waals surface area contributed by atoms with E-state index in [4.69, 9.17) is 4.74 Å². The third-order valence-corrected chi connectivity index (χ3v) is 3.69. The van der Waals surface area contributed by atoms with E-state index in [1.54, 1.807) is 13.4 Å². The number of hydrogen-bond donors (Lipinski definition) is 0. The molecule has 1 heterocycles. The summed E-state index contributed by atoms with van der Waals surface area (Å²) in [6.07, 6.45) is 3.66. The first-order valence-electron chi connectivity index (χ1n) is 7.38. The zero-order chi connectivity index (χ0) is 15.2. The van der Waals surface area contributed by atoms with Gasteiger partial charge in [-0.25, -0.2) is 0 Å². The maximum atomic E-state index is 5.18. The van der Waals surface area contributed by atoms with Crippen LogP contribution in [0, 0.1) is 0 Å². The van der Waals surface area contributed by atoms with E-state index in [0.717, 1.165) is 31.0 Å². The molecule has 0 atom stereocenters. The monoisotopic (exact) mass is 293 g/mol. The van der Waals surface area contributed by atoms with Crippen LogP contribution in [0.3, 0.4) is 0 Å². The molecule has 0 aliphatic carbocycles. The second kappa shape index (κ2) is 6.89. The molecule has 0 radical (unpaired) electrons. The Morgan fingerprint density at radius 1 is 0.909 bits per heavy atom. The Morgan fingerprint density at radius 2 is 1.68 bits per heavy atom. The van der Waals surface area contributed by atoms with E-state index in [-0.39, 0.29) is 0 Å². The summed E-state index contributed by atoms with van der Waals surface area (Å²) in [6, 6.07) is 18.5. The predicted molar refractivity (Wildman–Crippen MR) is 86.0 cm³/mol. The molecule has 0 spiro atoms. The van der Waals surface area contributed by atoms with Crippen molar-refractivity contribution < 1.29 is 4.74 Å². The Bertz CT molecular complexity index is 705. The minimum atomic E-state index is 0.779. The summed E-state index contributed by atoms with van der Waals surface area (Å²) in [5.74, 6) is 1.89. The van der Waals surface area contributed by atoms with Gasteiger partial charge in [0, 0.05) is 6.42 Å². The Labute approximate surface area is 130 Å². The quantitative estimate of drug-likeness (QED) is 0.701. The maximum Gasteiger partial charge on any atom is 0.133 e. The van der Waals surface area contributed by atoms with Gasteiger partial charge >= 0.3 is 0 Å². The smallest absolute Gasteiger partial charge is 0.133 e. The number of benzene rings is 2. The van der Waals surface area contributed by atoms with Gasteiger partial charge in [-0.05, 0) is 29.7 Å². The number of aryl methyl sites for hydroxylation is 2. The van der Waals surface area contributed by atoms with Crippen molar-refractivity contribution in [3.8, 4) is 5.75 Å². The number of aromatic nitrogens is 3. The third kappa shape index (κ3) is 3.52. The highest BCUT2D eigenvalue weighted by molar-refractivity contribution is 5.27. The summed E-state index contributed by atoms with van der Waals surface area (Å²) in [6.45, 7) is 0.779. The summed E-state index contributed by atoms with van der Waals surface area (Å²) >= 11 is 0. The van der Waals surface area contributed by atoms with Crippen molar-refractivity contribution in [1.82, 2.24) is 14.8 Å². The number of nitrogens with zero attached hydrogens (tertiary/aromatic N) is 3. The maximum absolute atomic E-state index is 5.18. The zero-order valence-electron chi connectivity index (χ0n) is 12.6. The lowest BCUT2D eigenvalue weighted by molar-refractivity contribution is 0.414. The van der Waals surface area contributed by atoms with Crippen molar-refractivity contribution in [2.75, 3.05) is 7.11 Å². The standard InChI is InChI=1S/C18H19N3O/c1-22-17-10-7-16(8-11-17)13-21-14-19-20-18(21)12-9-15-5-3-2-4-6-15/h2-8,10-11,14H,9,12-13H2,1H3. The second-order valence-corrected chi connectivity index (χ2v) is 5.21. The van der Waals surface area contributed by atoms with Gasteiger partial charge in [-0.2, -0.15) is 0 Å². The number of rotatable bonds is 6. The van der Waals surface area contributed by atoms with Crippen LogP contribution in [0.5, 0.6) is 5.75 Å². The minimum absolute atomic E-state index is 0.779. The average molecular weight is 293 g/mol. The largest absolute Gasteiger partial charge is 0.497 e. The Morgan fingerprint density at radius 3 is 2.41 bits per heavy atom. The minimum Gasteiger partial charge on any atom is -0.497 e. The number of hydrogen-bond acceptors (Lipinski definition) is 3. The van der Waals surface area contributed by atoms with Crippen LogP contribution < -0.4 is 4.74 Å². The van der Waals surface area contributed by atoms with Crippen LogP contribution in [0.15, 0.2) is 60.9 Å². The molecule has 3 rings (SSSR count). The number of ether oxygens (including phenoxy) is 1. The summed E-state index contributed by atoms with van der Waals surface area (Å²) in [5.41, 5.74) is 2.53. The predicted octanol–water partition coefficient (Wildman–Crippen LogP) is 3.12. The molecule has 1 aromatic heterocycles. The molecule has 22 heavy (non-hydrogen) atoms. The van der Waals surface area contributed by atoms with Crippen molar-refractivity contribution in [2.45, 2.75) is 19.4 Å². The Hall–Kier alpha value is -2.62. The van der Waals surface area contributed by atoms with Gasteiger partial charge in [0.05, 0.1) is 13.7 Å². The van der Waals surface area contributed by atoms with Gasteiger partial charge in [-0.15, -0.1) is 10.2 Å². The Kier molecular flexibility index (Phi) is 4.49. The average Bonchev–Trinajstić information content (AvgIpc) is 3.02. The molecule has 0 N–H and O–H groups in total. The lowest BCUT2D eigenvalue weighted by atomic mass is 10.1. The van der Waals surface area contributed by atoms with Gasteiger partial charge in [-0.1, -0.05) is 42.5 Å². The first-order chi connectivity index (χ1) is 10.8. The van der Waals surface area contributed by atoms with E-state index < -0.39 is 0 Å². The SMILES string of the molecule is COc1ccc(Cn2cnnc2CCc2ccccc2)cc1. The highest BCUT2D eigenvalue weighted by atomic mass is 16.5. The second-order valence-electron chi connectivity index (χ2n) is 5.21. The summed E-state index contributed by atoms with van der Waals surface area (Å²) in [4.78, 5) is 0. The first kappa shape index (κ1) is 14.3. The summed E-state index contributed by atoms with van der Waals surface area (Å²) in [5, 5.41) is 8.30. The van der Waals surface area contributed by atoms with Crippen molar-refractivity contribution in [2.24, 2.45) is 0 Å². The number of methoxy groups -OCH3 is 1. The van der Waals surface area contributed by atoms with Crippen LogP contribution in [0.2, 0.25) is 0 Å². The van der Waals surface area contributed by atoms with E-state index in [0.29, 0.717) is 0 Å². The lowest BCUT2D eigenvalue weighted by Crippen LogP contribution is -2.05. The highest BCUT2D eigenvalue weighted by Gasteiger charge is 2.05. The van der Waals surface area contributed by atoms with E-state index >= 15 is 0 Å². The first-order valence-corrected chi connectivity index (χ1v) is 7.38. The van der Waals surface area contributed by atoms with Crippen LogP contribution in [0.25, 0.3) is 0 Å². The molecule has 0 saturated heterocycles. The molecule has 4 nitrogen and oxygen atoms in total. The molecule has 2 aromatic carbocycles. The molecule has 0 bridgehead atoms. The van der Waals surface area contributed by atoms with Gasteiger partial charge in [0.2, 0.25) is 0 Å². The third-order valence-electron chi connectivity index (χ3n) is 3.69. The van der Waals surface area contributed by atoms with Crippen molar-refractivity contribution in [3.05, 3.63) is 77.9 Å². The van der Waals surface area contributed by atoms with Gasteiger partial charge in [0.15, 0.2) is 0 Å². The summed E-state index contributed by atoms with van der Waals surface area (Å²) in [7, 11) is 1.68. The molecule has 0 fully saturated rings. The summed E-state index contributed by atoms with van der Waals surface area (Å²) < 4.78 is 7.29. The van der Waals surface area contributed by atoms with E-state index in [1.165, 1.54) is 11.1 Å². The topological polar surface area (TPSA) is 39.9 Å². The van der Waals surface area contributed by atoms with E-state index in [2.05, 4.69) is 51.2 Å². The highest BCUT2D eigenvalue weighted by Crippen LogP contribution is 2.13. The fourth-order valence-electron chi connectivity index (χ4n) is 2.43. The van der Waals surface area contributed by atoms with Crippen LogP contribution in [0.4, 0.5) is 0 Å². The molecule has 3 aromatic rings. The fraction of sp³-hybridized carbons (Fsp3) is 0.222. The van der Waals surface area contributed by atoms with Gasteiger partial charge in [0.1, 0.15) is 17.9 Å². The van der Waals surface area contributed by atoms with Crippen LogP contribution in [0.1, 0.15) is 17.0 Å². The van der Waals surface area contributed by atoms with Crippen LogP contribution in [-0.2, 0) is 19.4 Å². The molecule has 0 unspecified atom stereocenters. The van der Waals surface area contributed by atoms with Gasteiger partial charge in [-0.3, -0.25) is 0 Å².